The molecule has 1 saturated heterocycles. The van der Waals surface area contributed by atoms with Crippen LogP contribution in [0.2, 0.25) is 19.6 Å². The molecule has 0 spiro atoms. The summed E-state index contributed by atoms with van der Waals surface area (Å²) < 4.78 is 20.4. The number of carboxylic acid groups (broad SMARTS) is 1. The first-order chi connectivity index (χ1) is 29.2. The van der Waals surface area contributed by atoms with Crippen molar-refractivity contribution in [3.05, 3.63) is 160 Å². The van der Waals surface area contributed by atoms with E-state index in [0.29, 0.717) is 20.3 Å². The molecule has 2 aliphatic heterocycles. The standard InChI is InChI=1S/C43H44N6O8S3Si/c1-28(57-61(2,3)4)24-56-47-35(38(50)45-36-39(51)49-37(41(52)53)29(27-60(55)40(36)49)25-58-33-20-22-48(54)23-21-33)34-26-59-42(44-34)46-43(30-14-8-5-9-15-30,31-16-10-6-11-17-31)32-18-12-7-13-19-32/h5-23,26,28,36,40H,24-25,27H2,1-4H3,(H,44,46)(H,45,50)(H,52,53)/b47-35-/t28?,36-,40-,60?/m1/s1. The number of thioether (sulfide) groups is 1. The first-order valence-electron chi connectivity index (χ1n) is 19.3. The van der Waals surface area contributed by atoms with Crippen molar-refractivity contribution in [3.8, 4) is 0 Å². The van der Waals surface area contributed by atoms with Gasteiger partial charge >= 0.3 is 5.97 Å². The quantitative estimate of drug-likeness (QED) is 0.0152. The summed E-state index contributed by atoms with van der Waals surface area (Å²) in [4.78, 5) is 52.8. The predicted octanol–water partition coefficient (Wildman–Crippen LogP) is 5.69. The molecule has 61 heavy (non-hydrogen) atoms. The molecule has 316 valence electrons. The van der Waals surface area contributed by atoms with Crippen LogP contribution in [0.3, 0.4) is 0 Å². The van der Waals surface area contributed by atoms with Crippen molar-refractivity contribution in [2.45, 2.75) is 54.5 Å². The van der Waals surface area contributed by atoms with Crippen molar-refractivity contribution in [2.24, 2.45) is 5.16 Å². The SMILES string of the molecule is CC(CO/N=C(\C(=O)N[C@@H]1C(=O)N2C(C(=O)O)=C(CSc3cc[n+]([O-])cc3)CS(=O)[C@H]12)c1csc(NC(c2ccccc2)(c2ccccc2)c2ccccc2)n1)O[Si](C)(C)C. The van der Waals surface area contributed by atoms with Gasteiger partial charge in [0, 0.05) is 28.2 Å². The number of nitrogens with one attached hydrogen (secondary N) is 2. The van der Waals surface area contributed by atoms with Gasteiger partial charge in [-0.2, -0.15) is 4.73 Å². The first kappa shape index (κ1) is 43.4. The summed E-state index contributed by atoms with van der Waals surface area (Å²) in [6, 6.07) is 31.7. The van der Waals surface area contributed by atoms with Crippen molar-refractivity contribution < 1.29 is 37.7 Å². The van der Waals surface area contributed by atoms with Gasteiger partial charge in [0.25, 0.3) is 11.8 Å². The number of anilines is 1. The van der Waals surface area contributed by atoms with Crippen molar-refractivity contribution in [1.82, 2.24) is 15.2 Å². The Labute approximate surface area is 364 Å². The van der Waals surface area contributed by atoms with E-state index in [0.717, 1.165) is 21.6 Å². The van der Waals surface area contributed by atoms with Gasteiger partial charge in [-0.05, 0) is 48.8 Å². The van der Waals surface area contributed by atoms with Gasteiger partial charge in [-0.1, -0.05) is 96.2 Å². The van der Waals surface area contributed by atoms with Gasteiger partial charge in [0.1, 0.15) is 35.0 Å². The molecule has 0 bridgehead atoms. The molecule has 2 amide bonds. The number of nitrogens with zero attached hydrogens (tertiary/aromatic N) is 4. The van der Waals surface area contributed by atoms with Crippen LogP contribution in [0.15, 0.2) is 142 Å². The number of amides is 2. The Bertz CT molecular complexity index is 2370. The highest BCUT2D eigenvalue weighted by molar-refractivity contribution is 7.99. The summed E-state index contributed by atoms with van der Waals surface area (Å²) in [5.41, 5.74) is 1.84. The number of pyridine rings is 1. The van der Waals surface area contributed by atoms with Crippen LogP contribution in [0, 0.1) is 5.21 Å². The molecule has 7 rings (SSSR count). The highest BCUT2D eigenvalue weighted by atomic mass is 32.2. The second-order valence-electron chi connectivity index (χ2n) is 15.3. The number of aliphatic carboxylic acids is 1. The van der Waals surface area contributed by atoms with Crippen LogP contribution < -0.4 is 15.4 Å². The van der Waals surface area contributed by atoms with Crippen LogP contribution >= 0.6 is 23.1 Å². The van der Waals surface area contributed by atoms with Crippen molar-refractivity contribution >= 4 is 70.8 Å². The number of thiazole rings is 1. The minimum Gasteiger partial charge on any atom is -0.619 e. The van der Waals surface area contributed by atoms with Crippen LogP contribution in [0.4, 0.5) is 5.13 Å². The maximum Gasteiger partial charge on any atom is 0.352 e. The minimum absolute atomic E-state index is 0.0195. The molecule has 0 radical (unpaired) electrons. The van der Waals surface area contributed by atoms with E-state index in [1.165, 1.54) is 35.5 Å². The van der Waals surface area contributed by atoms with Gasteiger partial charge in [0.05, 0.1) is 22.7 Å². The number of hydrogen-bond acceptors (Lipinski definition) is 12. The normalized spacial score (nSPS) is 18.5. The number of rotatable bonds is 17. The van der Waals surface area contributed by atoms with Crippen LogP contribution in [0.25, 0.3) is 0 Å². The Morgan fingerprint density at radius 2 is 1.59 bits per heavy atom. The van der Waals surface area contributed by atoms with E-state index in [9.17, 15) is 28.9 Å². The lowest BCUT2D eigenvalue weighted by atomic mass is 9.77. The molecule has 0 aliphatic carbocycles. The van der Waals surface area contributed by atoms with Gasteiger partial charge in [0.2, 0.25) is 0 Å². The number of fused-ring (bicyclic) bond motifs is 1. The minimum atomic E-state index is -1.94. The summed E-state index contributed by atoms with van der Waals surface area (Å²) in [7, 11) is -3.71. The first-order valence-corrected chi connectivity index (χ1v) is 26.0. The third-order valence-electron chi connectivity index (χ3n) is 9.77. The smallest absolute Gasteiger partial charge is 0.352 e. The lowest BCUT2D eigenvalue weighted by Gasteiger charge is -2.49. The fourth-order valence-electron chi connectivity index (χ4n) is 7.27. The number of carboxylic acids is 1. The van der Waals surface area contributed by atoms with E-state index in [-0.39, 0.29) is 41.3 Å². The van der Waals surface area contributed by atoms with Crippen LogP contribution in [-0.4, -0.2) is 86.6 Å². The number of β-lactam (4-membered cyclic amide) rings is 1. The molecule has 4 atom stereocenters. The second-order valence-corrected chi connectivity index (χ2v) is 23.2. The van der Waals surface area contributed by atoms with E-state index < -0.39 is 53.9 Å². The van der Waals surface area contributed by atoms with Crippen molar-refractivity contribution in [1.29, 1.82) is 0 Å². The number of hydrogen-bond donors (Lipinski definition) is 3. The molecule has 3 aromatic carbocycles. The summed E-state index contributed by atoms with van der Waals surface area (Å²) in [5.74, 6) is -2.91. The number of benzene rings is 3. The van der Waals surface area contributed by atoms with E-state index in [1.54, 1.807) is 17.5 Å². The number of aromatic nitrogens is 2. The van der Waals surface area contributed by atoms with E-state index in [4.69, 9.17) is 14.2 Å². The molecule has 18 heteroatoms. The Kier molecular flexibility index (Phi) is 13.2. The molecule has 5 aromatic rings. The number of oxime groups is 1. The molecule has 2 unspecified atom stereocenters. The van der Waals surface area contributed by atoms with E-state index >= 15 is 0 Å². The van der Waals surface area contributed by atoms with Gasteiger partial charge in [-0.15, -0.1) is 23.1 Å². The zero-order valence-electron chi connectivity index (χ0n) is 33.7. The summed E-state index contributed by atoms with van der Waals surface area (Å²) in [6.07, 6.45) is 2.29. The van der Waals surface area contributed by atoms with E-state index in [2.05, 4.69) is 15.8 Å². The number of carbonyl (C=O) groups excluding carboxylic acids is 2. The Hall–Kier alpha value is -5.66. The van der Waals surface area contributed by atoms with Gasteiger partial charge in [0.15, 0.2) is 31.6 Å². The largest absolute Gasteiger partial charge is 0.619 e. The monoisotopic (exact) mass is 896 g/mol. The van der Waals surface area contributed by atoms with Crippen molar-refractivity contribution in [3.63, 3.8) is 0 Å². The zero-order chi connectivity index (χ0) is 43.3. The summed E-state index contributed by atoms with van der Waals surface area (Å²) in [5, 5.41) is 33.3. The third-order valence-corrected chi connectivity index (χ3v) is 14.4. The lowest BCUT2D eigenvalue weighted by molar-refractivity contribution is -0.605. The summed E-state index contributed by atoms with van der Waals surface area (Å²) in [6.45, 7) is 8.00. The van der Waals surface area contributed by atoms with Crippen LogP contribution in [0.5, 0.6) is 0 Å². The van der Waals surface area contributed by atoms with Crippen LogP contribution in [-0.2, 0) is 40.0 Å². The molecular formula is C43H44N6O8S3Si. The average molecular weight is 897 g/mol. The molecule has 0 saturated carbocycles. The Balaban J connectivity index is 1.18. The molecular weight excluding hydrogens is 853 g/mol. The van der Waals surface area contributed by atoms with Gasteiger partial charge in [-0.25, -0.2) is 9.78 Å². The van der Waals surface area contributed by atoms with Crippen LogP contribution in [0.1, 0.15) is 29.3 Å². The summed E-state index contributed by atoms with van der Waals surface area (Å²) >= 11 is 2.50. The molecule has 4 heterocycles. The fourth-order valence-corrected chi connectivity index (χ4v) is 12.0. The maximum atomic E-state index is 14.3. The molecule has 14 nitrogen and oxygen atoms in total. The second kappa shape index (κ2) is 18.5. The fraction of sp³-hybridized carbons (Fsp3) is 0.256. The molecule has 2 aromatic heterocycles. The number of carbonyl (C=O) groups is 3. The van der Waals surface area contributed by atoms with Gasteiger partial charge in [-0.3, -0.25) is 18.7 Å². The zero-order valence-corrected chi connectivity index (χ0v) is 37.2. The van der Waals surface area contributed by atoms with E-state index in [1.807, 2.05) is 118 Å². The maximum absolute atomic E-state index is 14.3. The predicted molar refractivity (Wildman–Crippen MR) is 238 cm³/mol. The highest BCUT2D eigenvalue weighted by Gasteiger charge is 2.57. The third kappa shape index (κ3) is 9.63. The van der Waals surface area contributed by atoms with Gasteiger partial charge < -0.3 is 30.2 Å². The Morgan fingerprint density at radius 3 is 2.13 bits per heavy atom. The Morgan fingerprint density at radius 1 is 1.02 bits per heavy atom. The topological polar surface area (TPSA) is 186 Å². The highest BCUT2D eigenvalue weighted by Crippen LogP contribution is 2.41. The molecule has 1 fully saturated rings. The molecule has 3 N–H and O–H groups in total. The van der Waals surface area contributed by atoms with Crippen molar-refractivity contribution in [2.75, 3.05) is 23.4 Å². The lowest BCUT2D eigenvalue weighted by Crippen LogP contribution is -2.74. The molecule has 2 aliphatic rings. The average Bonchev–Trinajstić information content (AvgIpc) is 3.71.